The lowest BCUT2D eigenvalue weighted by molar-refractivity contribution is 0.0696. The summed E-state index contributed by atoms with van der Waals surface area (Å²) in [6.07, 6.45) is 9.16. The Morgan fingerprint density at radius 3 is 2.50 bits per heavy atom. The Labute approximate surface area is 235 Å². The minimum atomic E-state index is -3.44. The van der Waals surface area contributed by atoms with Crippen molar-refractivity contribution in [2.24, 2.45) is 0 Å². The average molecular weight is 571 g/mol. The third-order valence-electron chi connectivity index (χ3n) is 8.24. The molecule has 2 aromatic heterocycles. The van der Waals surface area contributed by atoms with Gasteiger partial charge < -0.3 is 25.1 Å². The number of methoxy groups -OCH3 is 1. The van der Waals surface area contributed by atoms with Gasteiger partial charge in [-0.25, -0.2) is 4.98 Å². The highest BCUT2D eigenvalue weighted by Gasteiger charge is 2.34. The molecule has 4 heterocycles. The van der Waals surface area contributed by atoms with Gasteiger partial charge in [-0.1, -0.05) is 25.3 Å². The Bertz CT molecular complexity index is 1410. The predicted octanol–water partition coefficient (Wildman–Crippen LogP) is 3.61. The zero-order valence-electron chi connectivity index (χ0n) is 22.9. The maximum absolute atomic E-state index is 13.0. The zero-order chi connectivity index (χ0) is 27.5. The number of rotatable bonds is 8. The molecule has 2 saturated heterocycles. The van der Waals surface area contributed by atoms with Crippen LogP contribution in [0.3, 0.4) is 0 Å². The quantitative estimate of drug-likeness (QED) is 0.371. The second-order valence-corrected chi connectivity index (χ2v) is 12.7. The van der Waals surface area contributed by atoms with Crippen LogP contribution in [0.25, 0.3) is 11.2 Å². The Balaban J connectivity index is 1.15. The highest BCUT2D eigenvalue weighted by atomic mass is 32.2. The second kappa shape index (κ2) is 11.9. The van der Waals surface area contributed by atoms with Crippen molar-refractivity contribution < 1.29 is 17.9 Å². The highest BCUT2D eigenvalue weighted by Crippen LogP contribution is 2.36. The first-order valence-corrected chi connectivity index (χ1v) is 15.7. The van der Waals surface area contributed by atoms with Crippen LogP contribution in [-0.4, -0.2) is 89.5 Å². The Hall–Kier alpha value is -3.00. The Morgan fingerprint density at radius 1 is 1.00 bits per heavy atom. The number of nitrogens with one attached hydrogen (secondary N) is 3. The summed E-state index contributed by atoms with van der Waals surface area (Å²) in [5, 5.41) is 6.93. The summed E-state index contributed by atoms with van der Waals surface area (Å²) in [5.41, 5.74) is 3.31. The van der Waals surface area contributed by atoms with E-state index < -0.39 is 10.2 Å². The van der Waals surface area contributed by atoms with Crippen LogP contribution in [0.15, 0.2) is 24.5 Å². The average Bonchev–Trinajstić information content (AvgIpc) is 3.48. The molecule has 3 aromatic rings. The normalized spacial score (nSPS) is 20.5. The van der Waals surface area contributed by atoms with E-state index in [1.807, 2.05) is 12.1 Å². The van der Waals surface area contributed by atoms with Gasteiger partial charge in [-0.2, -0.15) is 27.0 Å². The lowest BCUT2D eigenvalue weighted by Crippen LogP contribution is -2.50. The number of ether oxygens (including phenoxy) is 2. The van der Waals surface area contributed by atoms with E-state index in [-0.39, 0.29) is 5.92 Å². The maximum atomic E-state index is 13.0. The fraction of sp³-hybridized carbons (Fsp3) is 0.593. The van der Waals surface area contributed by atoms with Gasteiger partial charge in [0.05, 0.1) is 32.3 Å². The smallest absolute Gasteiger partial charge is 0.282 e. The molecule has 0 amide bonds. The van der Waals surface area contributed by atoms with Gasteiger partial charge in [-0.3, -0.25) is 0 Å². The number of hydrogen-bond donors (Lipinski definition) is 3. The topological polar surface area (TPSA) is 138 Å². The minimum absolute atomic E-state index is 0.253. The number of imidazole rings is 1. The number of aromatic amines is 1. The number of aromatic nitrogens is 4. The molecule has 1 saturated carbocycles. The molecule has 0 radical (unpaired) electrons. The zero-order valence-corrected chi connectivity index (χ0v) is 23.8. The summed E-state index contributed by atoms with van der Waals surface area (Å²) >= 11 is 0. The monoisotopic (exact) mass is 570 g/mol. The number of morpholine rings is 1. The summed E-state index contributed by atoms with van der Waals surface area (Å²) in [6, 6.07) is 6.49. The van der Waals surface area contributed by atoms with Crippen LogP contribution < -0.4 is 15.4 Å². The first-order chi connectivity index (χ1) is 19.5. The third-order valence-corrected chi connectivity index (χ3v) is 10.3. The molecule has 2 aliphatic heterocycles. The number of H-pyrrole nitrogens is 1. The standard InChI is InChI=1S/C27H38N8O4S/c1-38-23-17-20(19-9-11-34(12-10-19)40(36,37)35-13-15-39-16-14-35)7-8-22(23)31-27-32-25-24(28-18-29-25)26(33-27)30-21-5-3-2-4-6-21/h7-8,17-19,21H,2-6,9-16H2,1H3,(H3,28,29,30,31,32,33). The van der Waals surface area contributed by atoms with Crippen molar-refractivity contribution in [3.8, 4) is 5.75 Å². The van der Waals surface area contributed by atoms with Crippen molar-refractivity contribution in [2.75, 3.05) is 57.1 Å². The fourth-order valence-corrected chi connectivity index (χ4v) is 7.59. The van der Waals surface area contributed by atoms with Crippen LogP contribution in [0.5, 0.6) is 5.75 Å². The molecule has 1 aromatic carbocycles. The number of fused-ring (bicyclic) bond motifs is 1. The Kier molecular flexibility index (Phi) is 8.05. The largest absolute Gasteiger partial charge is 0.495 e. The van der Waals surface area contributed by atoms with E-state index >= 15 is 0 Å². The molecular weight excluding hydrogens is 532 g/mol. The van der Waals surface area contributed by atoms with E-state index in [9.17, 15) is 8.42 Å². The molecule has 3 N–H and O–H groups in total. The van der Waals surface area contributed by atoms with Gasteiger partial charge in [0.2, 0.25) is 5.95 Å². The minimum Gasteiger partial charge on any atom is -0.495 e. The van der Waals surface area contributed by atoms with Crippen molar-refractivity contribution in [3.05, 3.63) is 30.1 Å². The van der Waals surface area contributed by atoms with E-state index in [0.717, 1.165) is 48.3 Å². The lowest BCUT2D eigenvalue weighted by Gasteiger charge is -2.36. The summed E-state index contributed by atoms with van der Waals surface area (Å²) in [6.45, 7) is 2.75. The summed E-state index contributed by atoms with van der Waals surface area (Å²) in [7, 11) is -1.79. The van der Waals surface area contributed by atoms with E-state index in [1.165, 1.54) is 19.3 Å². The molecule has 0 atom stereocenters. The van der Waals surface area contributed by atoms with Crippen molar-refractivity contribution in [3.63, 3.8) is 0 Å². The summed E-state index contributed by atoms with van der Waals surface area (Å²) in [5.74, 6) is 2.14. The molecule has 0 bridgehead atoms. The van der Waals surface area contributed by atoms with Gasteiger partial charge in [0.25, 0.3) is 10.2 Å². The summed E-state index contributed by atoms with van der Waals surface area (Å²) in [4.78, 5) is 16.9. The van der Waals surface area contributed by atoms with Gasteiger partial charge in [0.15, 0.2) is 11.5 Å². The molecule has 6 rings (SSSR count). The van der Waals surface area contributed by atoms with Crippen LogP contribution in [0.1, 0.15) is 56.4 Å². The molecule has 3 fully saturated rings. The van der Waals surface area contributed by atoms with E-state index in [2.05, 4.69) is 31.7 Å². The van der Waals surface area contributed by atoms with Crippen molar-refractivity contribution in [2.45, 2.75) is 56.9 Å². The first-order valence-electron chi connectivity index (χ1n) is 14.3. The van der Waals surface area contributed by atoms with Crippen LogP contribution in [0.4, 0.5) is 17.5 Å². The molecule has 3 aliphatic rings. The highest BCUT2D eigenvalue weighted by molar-refractivity contribution is 7.86. The number of nitrogens with zero attached hydrogens (tertiary/aromatic N) is 5. The number of anilines is 3. The lowest BCUT2D eigenvalue weighted by atomic mass is 9.90. The van der Waals surface area contributed by atoms with E-state index in [4.69, 9.17) is 14.5 Å². The first kappa shape index (κ1) is 27.2. The van der Waals surface area contributed by atoms with Gasteiger partial charge in [-0.15, -0.1) is 0 Å². The number of hydrogen-bond acceptors (Lipinski definition) is 9. The summed E-state index contributed by atoms with van der Waals surface area (Å²) < 4.78 is 40.3. The van der Waals surface area contributed by atoms with Crippen LogP contribution in [0.2, 0.25) is 0 Å². The molecule has 0 spiro atoms. The van der Waals surface area contributed by atoms with Gasteiger partial charge in [-0.05, 0) is 49.3 Å². The van der Waals surface area contributed by atoms with Crippen LogP contribution in [-0.2, 0) is 14.9 Å². The van der Waals surface area contributed by atoms with Crippen LogP contribution in [0, 0.1) is 0 Å². The van der Waals surface area contributed by atoms with Gasteiger partial charge in [0, 0.05) is 32.2 Å². The Morgan fingerprint density at radius 2 is 1.75 bits per heavy atom. The molecule has 1 aliphatic carbocycles. The molecule has 12 nitrogen and oxygen atoms in total. The van der Waals surface area contributed by atoms with E-state index in [1.54, 1.807) is 22.0 Å². The number of piperidine rings is 1. The SMILES string of the molecule is COc1cc(C2CCN(S(=O)(=O)N3CCOCC3)CC2)ccc1Nc1nc(NC2CCCCC2)c2nc[nH]c2n1. The third kappa shape index (κ3) is 5.73. The fourth-order valence-electron chi connectivity index (χ4n) is 5.98. The molecule has 0 unspecified atom stereocenters. The molecule has 40 heavy (non-hydrogen) atoms. The molecular formula is C27H38N8O4S. The van der Waals surface area contributed by atoms with Crippen molar-refractivity contribution in [1.82, 2.24) is 28.5 Å². The van der Waals surface area contributed by atoms with Crippen molar-refractivity contribution in [1.29, 1.82) is 0 Å². The van der Waals surface area contributed by atoms with E-state index in [0.29, 0.717) is 62.8 Å². The number of benzene rings is 1. The second-order valence-electron chi connectivity index (χ2n) is 10.8. The maximum Gasteiger partial charge on any atom is 0.282 e. The molecule has 216 valence electrons. The predicted molar refractivity (Wildman–Crippen MR) is 153 cm³/mol. The van der Waals surface area contributed by atoms with Crippen molar-refractivity contribution >= 4 is 38.8 Å². The van der Waals surface area contributed by atoms with Gasteiger partial charge in [0.1, 0.15) is 11.3 Å². The van der Waals surface area contributed by atoms with Gasteiger partial charge >= 0.3 is 0 Å². The molecule has 13 heteroatoms. The van der Waals surface area contributed by atoms with Crippen LogP contribution >= 0.6 is 0 Å².